The van der Waals surface area contributed by atoms with E-state index in [1.54, 1.807) is 7.05 Å². The Morgan fingerprint density at radius 3 is 2.52 bits per heavy atom. The number of nitrogens with one attached hydrogen (secondary N) is 3. The maximum atomic E-state index is 11.6. The van der Waals surface area contributed by atoms with Crippen molar-refractivity contribution < 1.29 is 4.79 Å². The Balaban J connectivity index is 0.00000576. The summed E-state index contributed by atoms with van der Waals surface area (Å²) in [6.45, 7) is 9.77. The number of hydrogen-bond donors (Lipinski definition) is 3. The minimum absolute atomic E-state index is 0. The van der Waals surface area contributed by atoms with Gasteiger partial charge < -0.3 is 20.9 Å². The number of hydrogen-bond acceptors (Lipinski definition) is 3. The van der Waals surface area contributed by atoms with Crippen molar-refractivity contribution in [3.8, 4) is 0 Å². The topological polar surface area (TPSA) is 68.8 Å². The largest absolute Gasteiger partial charge is 0.370 e. The van der Waals surface area contributed by atoms with Gasteiger partial charge in [0.1, 0.15) is 0 Å². The predicted octanol–water partition coefficient (Wildman–Crippen LogP) is 2.13. The average Bonchev–Trinajstić information content (AvgIpc) is 2.59. The van der Waals surface area contributed by atoms with Crippen LogP contribution < -0.4 is 20.9 Å². The highest BCUT2D eigenvalue weighted by molar-refractivity contribution is 14.0. The molecule has 3 N–H and O–H groups in total. The Morgan fingerprint density at radius 2 is 1.92 bits per heavy atom. The number of aryl methyl sites for hydroxylation is 1. The number of rotatable bonds is 9. The highest BCUT2D eigenvalue weighted by atomic mass is 127. The third-order valence-corrected chi connectivity index (χ3v) is 3.63. The monoisotopic (exact) mass is 461 g/mol. The average molecular weight is 461 g/mol. The van der Waals surface area contributed by atoms with Crippen LogP contribution in [0.15, 0.2) is 29.3 Å². The summed E-state index contributed by atoms with van der Waals surface area (Å²) in [6, 6.07) is 8.50. The molecule has 1 rings (SSSR count). The fourth-order valence-electron chi connectivity index (χ4n) is 2.32. The molecule has 1 aromatic carbocycles. The van der Waals surface area contributed by atoms with Gasteiger partial charge in [-0.2, -0.15) is 0 Å². The van der Waals surface area contributed by atoms with Gasteiger partial charge in [0.05, 0.1) is 6.54 Å². The second-order valence-electron chi connectivity index (χ2n) is 5.62. The highest BCUT2D eigenvalue weighted by Gasteiger charge is 2.06. The van der Waals surface area contributed by atoms with Crippen LogP contribution in [0.5, 0.6) is 0 Å². The van der Waals surface area contributed by atoms with Crippen molar-refractivity contribution in [2.24, 2.45) is 4.99 Å². The zero-order valence-electron chi connectivity index (χ0n) is 15.8. The van der Waals surface area contributed by atoms with Crippen LogP contribution in [-0.2, 0) is 4.79 Å². The Labute approximate surface area is 168 Å². The molecule has 0 aromatic heterocycles. The van der Waals surface area contributed by atoms with Gasteiger partial charge in [-0.3, -0.25) is 9.79 Å². The zero-order valence-corrected chi connectivity index (χ0v) is 18.1. The van der Waals surface area contributed by atoms with Gasteiger partial charge in [0.25, 0.3) is 0 Å². The Morgan fingerprint density at radius 1 is 1.16 bits per heavy atom. The maximum Gasteiger partial charge on any atom is 0.239 e. The first-order valence-electron chi connectivity index (χ1n) is 8.63. The quantitative estimate of drug-likeness (QED) is 0.300. The summed E-state index contributed by atoms with van der Waals surface area (Å²) in [5.74, 6) is 0.622. The molecule has 0 aliphatic rings. The molecule has 7 heteroatoms. The smallest absolute Gasteiger partial charge is 0.239 e. The van der Waals surface area contributed by atoms with Crippen molar-refractivity contribution in [1.29, 1.82) is 0 Å². The molecule has 0 spiro atoms. The van der Waals surface area contributed by atoms with Gasteiger partial charge in [-0.05, 0) is 38.0 Å². The normalized spacial score (nSPS) is 10.6. The molecular weight excluding hydrogens is 429 g/mol. The second kappa shape index (κ2) is 13.7. The van der Waals surface area contributed by atoms with Gasteiger partial charge in [0.15, 0.2) is 5.96 Å². The van der Waals surface area contributed by atoms with Crippen LogP contribution in [0, 0.1) is 6.92 Å². The minimum atomic E-state index is -0.0188. The first-order chi connectivity index (χ1) is 11.6. The third-order valence-electron chi connectivity index (χ3n) is 3.63. The number of benzene rings is 1. The molecule has 0 saturated heterocycles. The summed E-state index contributed by atoms with van der Waals surface area (Å²) in [5, 5.41) is 9.10. The van der Waals surface area contributed by atoms with E-state index in [0.29, 0.717) is 12.5 Å². The zero-order chi connectivity index (χ0) is 17.8. The van der Waals surface area contributed by atoms with E-state index in [1.165, 1.54) is 11.3 Å². The molecule has 0 aliphatic heterocycles. The number of carbonyl (C=O) groups excluding carboxylic acids is 1. The number of carbonyl (C=O) groups is 1. The van der Waals surface area contributed by atoms with Crippen molar-refractivity contribution in [3.63, 3.8) is 0 Å². The summed E-state index contributed by atoms with van der Waals surface area (Å²) in [4.78, 5) is 18.1. The molecule has 0 atom stereocenters. The van der Waals surface area contributed by atoms with Gasteiger partial charge in [-0.1, -0.05) is 19.1 Å². The van der Waals surface area contributed by atoms with E-state index in [1.807, 2.05) is 6.92 Å². The molecule has 0 unspecified atom stereocenters. The van der Waals surface area contributed by atoms with E-state index in [-0.39, 0.29) is 36.4 Å². The summed E-state index contributed by atoms with van der Waals surface area (Å²) >= 11 is 0. The number of nitrogens with zero attached hydrogens (tertiary/aromatic N) is 2. The summed E-state index contributed by atoms with van der Waals surface area (Å²) in [7, 11) is 1.71. The SMILES string of the molecule is CCCNC(=O)CNC(=NC)NCCN(CC)c1cccc(C)c1.I. The molecular formula is C18H32IN5O. The lowest BCUT2D eigenvalue weighted by Gasteiger charge is -2.24. The molecule has 6 nitrogen and oxygen atoms in total. The molecule has 142 valence electrons. The van der Waals surface area contributed by atoms with Gasteiger partial charge in [-0.15, -0.1) is 24.0 Å². The van der Waals surface area contributed by atoms with Crippen molar-refractivity contribution >= 4 is 41.5 Å². The second-order valence-corrected chi connectivity index (χ2v) is 5.62. The fraction of sp³-hybridized carbons (Fsp3) is 0.556. The molecule has 0 fully saturated rings. The van der Waals surface area contributed by atoms with E-state index in [4.69, 9.17) is 0 Å². The van der Waals surface area contributed by atoms with Crippen molar-refractivity contribution in [1.82, 2.24) is 16.0 Å². The fourth-order valence-corrected chi connectivity index (χ4v) is 2.32. The number of aliphatic imine (C=N–C) groups is 1. The van der Waals surface area contributed by atoms with Crippen molar-refractivity contribution in [3.05, 3.63) is 29.8 Å². The number of amides is 1. The van der Waals surface area contributed by atoms with E-state index in [9.17, 15) is 4.79 Å². The third kappa shape index (κ3) is 9.52. The van der Waals surface area contributed by atoms with Gasteiger partial charge in [0, 0.05) is 38.9 Å². The van der Waals surface area contributed by atoms with E-state index in [2.05, 4.69) is 64.0 Å². The molecule has 0 bridgehead atoms. The molecule has 0 heterocycles. The van der Waals surface area contributed by atoms with E-state index >= 15 is 0 Å². The van der Waals surface area contributed by atoms with Crippen LogP contribution in [0.3, 0.4) is 0 Å². The lowest BCUT2D eigenvalue weighted by atomic mass is 10.2. The lowest BCUT2D eigenvalue weighted by molar-refractivity contribution is -0.120. The number of anilines is 1. The van der Waals surface area contributed by atoms with Gasteiger partial charge >= 0.3 is 0 Å². The summed E-state index contributed by atoms with van der Waals surface area (Å²) in [6.07, 6.45) is 0.935. The van der Waals surface area contributed by atoms with E-state index < -0.39 is 0 Å². The molecule has 0 radical (unpaired) electrons. The minimum Gasteiger partial charge on any atom is -0.370 e. The Kier molecular flexibility index (Phi) is 12.9. The Hall–Kier alpha value is -1.51. The number of guanidine groups is 1. The first-order valence-corrected chi connectivity index (χ1v) is 8.63. The van der Waals surface area contributed by atoms with Crippen LogP contribution in [0.25, 0.3) is 0 Å². The van der Waals surface area contributed by atoms with E-state index in [0.717, 1.165) is 26.1 Å². The van der Waals surface area contributed by atoms with Crippen LogP contribution >= 0.6 is 24.0 Å². The standard InChI is InChI=1S/C18H31N5O.HI/c1-5-10-20-17(24)14-22-18(19-4)21-11-12-23(6-2)16-9-7-8-15(3)13-16;/h7-9,13H,5-6,10-12,14H2,1-4H3,(H,20,24)(H2,19,21,22);1H. The van der Waals surface area contributed by atoms with Crippen LogP contribution in [-0.4, -0.2) is 51.6 Å². The van der Waals surface area contributed by atoms with Gasteiger partial charge in [-0.25, -0.2) is 0 Å². The molecule has 0 saturated carbocycles. The molecule has 1 amide bonds. The van der Waals surface area contributed by atoms with Crippen LogP contribution in [0.2, 0.25) is 0 Å². The summed E-state index contributed by atoms with van der Waals surface area (Å²) in [5.41, 5.74) is 2.48. The molecule has 1 aromatic rings. The van der Waals surface area contributed by atoms with Crippen molar-refractivity contribution in [2.75, 3.05) is 44.7 Å². The maximum absolute atomic E-state index is 11.6. The van der Waals surface area contributed by atoms with Gasteiger partial charge in [0.2, 0.25) is 5.91 Å². The van der Waals surface area contributed by atoms with Crippen LogP contribution in [0.4, 0.5) is 5.69 Å². The van der Waals surface area contributed by atoms with Crippen molar-refractivity contribution in [2.45, 2.75) is 27.2 Å². The summed E-state index contributed by atoms with van der Waals surface area (Å²) < 4.78 is 0. The predicted molar refractivity (Wildman–Crippen MR) is 117 cm³/mol. The number of likely N-dealkylation sites (N-methyl/N-ethyl adjacent to an activating group) is 1. The Bertz CT molecular complexity index is 536. The first kappa shape index (κ1) is 23.5. The molecule has 0 aliphatic carbocycles. The van der Waals surface area contributed by atoms with Crippen LogP contribution in [0.1, 0.15) is 25.8 Å². The highest BCUT2D eigenvalue weighted by Crippen LogP contribution is 2.14. The lowest BCUT2D eigenvalue weighted by Crippen LogP contribution is -2.45. The number of halogens is 1. The molecule has 25 heavy (non-hydrogen) atoms.